The Labute approximate surface area is 107 Å². The van der Waals surface area contributed by atoms with Crippen molar-refractivity contribution < 1.29 is 13.9 Å². The Kier molecular flexibility index (Phi) is 2.60. The van der Waals surface area contributed by atoms with E-state index in [9.17, 15) is 4.79 Å². The topological polar surface area (TPSA) is 52.3 Å². The molecule has 0 aliphatic heterocycles. The smallest absolute Gasteiger partial charge is 0.353 e. The fraction of sp³-hybridized carbons (Fsp3) is 0.0769. The maximum atomic E-state index is 11.8. The summed E-state index contributed by atoms with van der Waals surface area (Å²) in [5.41, 5.74) is 1.37. The quantitative estimate of drug-likeness (QED) is 0.522. The highest BCUT2D eigenvalue weighted by Gasteiger charge is 2.11. The van der Waals surface area contributed by atoms with Crippen LogP contribution in [0.2, 0.25) is 0 Å². The van der Waals surface area contributed by atoms with Crippen LogP contribution in [-0.4, -0.2) is 11.0 Å². The van der Waals surface area contributed by atoms with Gasteiger partial charge in [-0.15, -0.1) is 11.3 Å². The van der Waals surface area contributed by atoms with Crippen molar-refractivity contribution >= 4 is 28.4 Å². The van der Waals surface area contributed by atoms with Crippen molar-refractivity contribution in [2.45, 2.75) is 6.92 Å². The number of carbonyl (C=O) groups excluding carboxylic acids is 1. The SMILES string of the molecule is Cc1nc2ccc(OC(=O)c3cccs3)cc2o1. The van der Waals surface area contributed by atoms with E-state index in [4.69, 9.17) is 9.15 Å². The van der Waals surface area contributed by atoms with Gasteiger partial charge in [0.05, 0.1) is 0 Å². The minimum absolute atomic E-state index is 0.361. The number of fused-ring (bicyclic) bond motifs is 1. The third-order valence-electron chi connectivity index (χ3n) is 2.40. The molecule has 2 heterocycles. The zero-order valence-electron chi connectivity index (χ0n) is 9.54. The minimum atomic E-state index is -0.361. The summed E-state index contributed by atoms with van der Waals surface area (Å²) in [5, 5.41) is 1.83. The first-order valence-corrected chi connectivity index (χ1v) is 6.23. The maximum absolute atomic E-state index is 11.8. The lowest BCUT2D eigenvalue weighted by Crippen LogP contribution is -2.05. The van der Waals surface area contributed by atoms with Crippen LogP contribution in [0.5, 0.6) is 5.75 Å². The van der Waals surface area contributed by atoms with Gasteiger partial charge in [-0.3, -0.25) is 0 Å². The van der Waals surface area contributed by atoms with Gasteiger partial charge < -0.3 is 9.15 Å². The molecule has 2 aromatic heterocycles. The van der Waals surface area contributed by atoms with Gasteiger partial charge in [0, 0.05) is 13.0 Å². The summed E-state index contributed by atoms with van der Waals surface area (Å²) in [6.07, 6.45) is 0. The Hall–Kier alpha value is -2.14. The van der Waals surface area contributed by atoms with Crippen LogP contribution in [0, 0.1) is 6.92 Å². The number of oxazole rings is 1. The normalized spacial score (nSPS) is 10.7. The standard InChI is InChI=1S/C13H9NO3S/c1-8-14-10-5-4-9(7-11(10)16-8)17-13(15)12-3-2-6-18-12/h2-7H,1H3. The fourth-order valence-electron chi connectivity index (χ4n) is 1.64. The lowest BCUT2D eigenvalue weighted by atomic mass is 10.3. The summed E-state index contributed by atoms with van der Waals surface area (Å²) in [6, 6.07) is 8.67. The third-order valence-corrected chi connectivity index (χ3v) is 3.25. The molecule has 3 aromatic rings. The van der Waals surface area contributed by atoms with Gasteiger partial charge in [-0.2, -0.15) is 0 Å². The summed E-state index contributed by atoms with van der Waals surface area (Å²) in [5.74, 6) is 0.685. The van der Waals surface area contributed by atoms with E-state index in [1.165, 1.54) is 11.3 Å². The molecule has 5 heteroatoms. The first-order chi connectivity index (χ1) is 8.72. The predicted molar refractivity (Wildman–Crippen MR) is 68.0 cm³/mol. The second-order valence-electron chi connectivity index (χ2n) is 3.73. The maximum Gasteiger partial charge on any atom is 0.353 e. The number of esters is 1. The summed E-state index contributed by atoms with van der Waals surface area (Å²) >= 11 is 1.35. The molecule has 1 aromatic carbocycles. The number of carbonyl (C=O) groups is 1. The number of aromatic nitrogens is 1. The number of nitrogens with zero attached hydrogens (tertiary/aromatic N) is 1. The molecule has 0 radical (unpaired) electrons. The first-order valence-electron chi connectivity index (χ1n) is 5.35. The van der Waals surface area contributed by atoms with Crippen molar-refractivity contribution in [2.24, 2.45) is 0 Å². The van der Waals surface area contributed by atoms with E-state index in [1.54, 1.807) is 31.2 Å². The fourth-order valence-corrected chi connectivity index (χ4v) is 2.23. The minimum Gasteiger partial charge on any atom is -0.441 e. The van der Waals surface area contributed by atoms with Crippen molar-refractivity contribution in [3.63, 3.8) is 0 Å². The molecule has 0 saturated heterocycles. The van der Waals surface area contributed by atoms with Crippen LogP contribution in [0.3, 0.4) is 0 Å². The number of thiophene rings is 1. The van der Waals surface area contributed by atoms with E-state index < -0.39 is 0 Å². The lowest BCUT2D eigenvalue weighted by Gasteiger charge is -2.01. The second kappa shape index (κ2) is 4.27. The molecule has 0 spiro atoms. The van der Waals surface area contributed by atoms with Gasteiger partial charge in [0.1, 0.15) is 16.1 Å². The molecular formula is C13H9NO3S. The monoisotopic (exact) mass is 259 g/mol. The summed E-state index contributed by atoms with van der Waals surface area (Å²) in [4.78, 5) is 16.5. The average molecular weight is 259 g/mol. The first kappa shape index (κ1) is 11.0. The van der Waals surface area contributed by atoms with Crippen LogP contribution in [-0.2, 0) is 0 Å². The van der Waals surface area contributed by atoms with E-state index in [0.29, 0.717) is 22.1 Å². The third kappa shape index (κ3) is 2.00. The molecule has 0 saturated carbocycles. The number of hydrogen-bond acceptors (Lipinski definition) is 5. The number of rotatable bonds is 2. The summed E-state index contributed by atoms with van der Waals surface area (Å²) in [7, 11) is 0. The van der Waals surface area contributed by atoms with E-state index in [-0.39, 0.29) is 5.97 Å². The highest BCUT2D eigenvalue weighted by atomic mass is 32.1. The van der Waals surface area contributed by atoms with Crippen LogP contribution >= 0.6 is 11.3 Å². The van der Waals surface area contributed by atoms with Gasteiger partial charge in [0.15, 0.2) is 11.5 Å². The Morgan fingerprint density at radius 1 is 1.39 bits per heavy atom. The second-order valence-corrected chi connectivity index (χ2v) is 4.68. The van der Waals surface area contributed by atoms with Crippen molar-refractivity contribution in [2.75, 3.05) is 0 Å². The highest BCUT2D eigenvalue weighted by molar-refractivity contribution is 7.12. The van der Waals surface area contributed by atoms with E-state index in [1.807, 2.05) is 11.4 Å². The van der Waals surface area contributed by atoms with Gasteiger partial charge >= 0.3 is 5.97 Å². The molecular weight excluding hydrogens is 250 g/mol. The van der Waals surface area contributed by atoms with Crippen molar-refractivity contribution in [3.05, 3.63) is 46.5 Å². The van der Waals surface area contributed by atoms with E-state index in [2.05, 4.69) is 4.98 Å². The van der Waals surface area contributed by atoms with Gasteiger partial charge in [-0.1, -0.05) is 6.07 Å². The Bertz CT molecular complexity index is 700. The van der Waals surface area contributed by atoms with Crippen LogP contribution < -0.4 is 4.74 Å². The highest BCUT2D eigenvalue weighted by Crippen LogP contribution is 2.22. The van der Waals surface area contributed by atoms with Gasteiger partial charge in [-0.05, 0) is 23.6 Å². The summed E-state index contributed by atoms with van der Waals surface area (Å²) in [6.45, 7) is 1.78. The van der Waals surface area contributed by atoms with Crippen molar-refractivity contribution in [1.29, 1.82) is 0 Å². The average Bonchev–Trinajstić information content (AvgIpc) is 2.95. The number of ether oxygens (including phenoxy) is 1. The van der Waals surface area contributed by atoms with E-state index >= 15 is 0 Å². The molecule has 0 aliphatic carbocycles. The molecule has 18 heavy (non-hydrogen) atoms. The Morgan fingerprint density at radius 2 is 2.28 bits per heavy atom. The largest absolute Gasteiger partial charge is 0.441 e. The zero-order chi connectivity index (χ0) is 12.5. The molecule has 3 rings (SSSR count). The molecule has 0 N–H and O–H groups in total. The predicted octanol–water partition coefficient (Wildman–Crippen LogP) is 3.42. The Morgan fingerprint density at radius 3 is 3.06 bits per heavy atom. The molecule has 0 amide bonds. The van der Waals surface area contributed by atoms with Gasteiger partial charge in [-0.25, -0.2) is 9.78 Å². The zero-order valence-corrected chi connectivity index (χ0v) is 10.4. The molecule has 0 aliphatic rings. The molecule has 4 nitrogen and oxygen atoms in total. The molecule has 0 unspecified atom stereocenters. The van der Waals surface area contributed by atoms with Crippen LogP contribution in [0.1, 0.15) is 15.6 Å². The van der Waals surface area contributed by atoms with E-state index in [0.717, 1.165) is 5.52 Å². The van der Waals surface area contributed by atoms with Crippen LogP contribution in [0.4, 0.5) is 0 Å². The van der Waals surface area contributed by atoms with Gasteiger partial charge in [0.2, 0.25) is 0 Å². The summed E-state index contributed by atoms with van der Waals surface area (Å²) < 4.78 is 10.6. The van der Waals surface area contributed by atoms with Crippen LogP contribution in [0.15, 0.2) is 40.1 Å². The number of aryl methyl sites for hydroxylation is 1. The van der Waals surface area contributed by atoms with Crippen molar-refractivity contribution in [3.8, 4) is 5.75 Å². The van der Waals surface area contributed by atoms with Gasteiger partial charge in [0.25, 0.3) is 0 Å². The number of hydrogen-bond donors (Lipinski definition) is 0. The lowest BCUT2D eigenvalue weighted by molar-refractivity contribution is 0.0740. The molecule has 0 fully saturated rings. The molecule has 90 valence electrons. The number of benzene rings is 1. The van der Waals surface area contributed by atoms with Crippen molar-refractivity contribution in [1.82, 2.24) is 4.98 Å². The molecule has 0 bridgehead atoms. The Balaban J connectivity index is 1.88. The molecule has 0 atom stereocenters. The van der Waals surface area contributed by atoms with Crippen LogP contribution in [0.25, 0.3) is 11.1 Å².